The maximum absolute atomic E-state index is 12.9. The summed E-state index contributed by atoms with van der Waals surface area (Å²) in [5, 5.41) is 0. The van der Waals surface area contributed by atoms with Crippen molar-refractivity contribution >= 4 is 17.9 Å². The molecule has 2 aliphatic rings. The van der Waals surface area contributed by atoms with Crippen LogP contribution in [0.1, 0.15) is 36.7 Å². The highest BCUT2D eigenvalue weighted by Crippen LogP contribution is 2.34. The first-order valence-corrected chi connectivity index (χ1v) is 8.44. The molecule has 1 fully saturated rings. The third-order valence-corrected chi connectivity index (χ3v) is 4.23. The summed E-state index contributed by atoms with van der Waals surface area (Å²) in [6.45, 7) is 6.01. The van der Waals surface area contributed by atoms with E-state index in [0.717, 1.165) is 6.07 Å². The lowest BCUT2D eigenvalue weighted by atomic mass is 10.1. The molecule has 148 valence electrons. The van der Waals surface area contributed by atoms with Crippen LogP contribution < -0.4 is 4.90 Å². The van der Waals surface area contributed by atoms with E-state index in [-0.39, 0.29) is 24.5 Å². The minimum absolute atomic E-state index is 0.0597. The van der Waals surface area contributed by atoms with Gasteiger partial charge in [-0.1, -0.05) is 0 Å². The Morgan fingerprint density at radius 2 is 2.00 bits per heavy atom. The van der Waals surface area contributed by atoms with Crippen LogP contribution in [0.4, 0.5) is 23.8 Å². The molecule has 1 aromatic rings. The summed E-state index contributed by atoms with van der Waals surface area (Å²) in [6, 6.07) is 0.341. The van der Waals surface area contributed by atoms with Gasteiger partial charge in [-0.15, -0.1) is 0 Å². The number of alkyl halides is 3. The molecule has 0 saturated carbocycles. The Hall–Kier alpha value is -2.52. The van der Waals surface area contributed by atoms with Crippen molar-refractivity contribution < 1.29 is 32.2 Å². The summed E-state index contributed by atoms with van der Waals surface area (Å²) in [5.74, 6) is -0.721. The van der Waals surface area contributed by atoms with Crippen LogP contribution in [-0.4, -0.2) is 59.8 Å². The summed E-state index contributed by atoms with van der Waals surface area (Å²) in [7, 11) is 0. The summed E-state index contributed by atoms with van der Waals surface area (Å²) in [6.07, 6.45) is -4.39. The number of aromatic nitrogens is 1. The van der Waals surface area contributed by atoms with Crippen molar-refractivity contribution in [1.82, 2.24) is 9.88 Å². The monoisotopic (exact) mass is 387 g/mol. The molecule has 3 rings (SSSR count). The standard InChI is InChI=1S/C17H20F3N3O4/c1-16(2,3)27-15(25)22-4-5-23-11(8-22)9-26-14(24)12-6-10(17(18,19)20)7-21-13(12)23/h6-7,11H,4-5,8-9H2,1-3H3/t11-/m1/s1. The fraction of sp³-hybridized carbons (Fsp3) is 0.588. The Morgan fingerprint density at radius 1 is 1.30 bits per heavy atom. The van der Waals surface area contributed by atoms with Crippen molar-refractivity contribution in [3.63, 3.8) is 0 Å². The molecule has 27 heavy (non-hydrogen) atoms. The van der Waals surface area contributed by atoms with Crippen molar-refractivity contribution in [2.24, 2.45) is 0 Å². The second kappa shape index (κ2) is 6.58. The van der Waals surface area contributed by atoms with Crippen molar-refractivity contribution in [3.8, 4) is 0 Å². The second-order valence-corrected chi connectivity index (χ2v) is 7.46. The average Bonchev–Trinajstić information content (AvgIpc) is 2.69. The van der Waals surface area contributed by atoms with Gasteiger partial charge in [-0.25, -0.2) is 14.6 Å². The minimum Gasteiger partial charge on any atom is -0.460 e. The third kappa shape index (κ3) is 4.09. The van der Waals surface area contributed by atoms with Gasteiger partial charge in [-0.3, -0.25) is 0 Å². The number of halogens is 3. The molecular weight excluding hydrogens is 367 g/mol. The number of amides is 1. The van der Waals surface area contributed by atoms with Crippen molar-refractivity contribution in [1.29, 1.82) is 0 Å². The normalized spacial score (nSPS) is 20.4. The Kier molecular flexibility index (Phi) is 4.69. The first-order chi connectivity index (χ1) is 12.5. The molecule has 0 aliphatic carbocycles. The third-order valence-electron chi connectivity index (χ3n) is 4.23. The van der Waals surface area contributed by atoms with Gasteiger partial charge in [-0.2, -0.15) is 13.2 Å². The van der Waals surface area contributed by atoms with Crippen molar-refractivity contribution in [2.45, 2.75) is 38.6 Å². The molecule has 10 heteroatoms. The molecule has 1 aromatic heterocycles. The van der Waals surface area contributed by atoms with Crippen LogP contribution in [0.5, 0.6) is 0 Å². The number of cyclic esters (lactones) is 1. The number of ether oxygens (including phenoxy) is 2. The number of hydrogen-bond donors (Lipinski definition) is 0. The van der Waals surface area contributed by atoms with Crippen LogP contribution in [0.3, 0.4) is 0 Å². The van der Waals surface area contributed by atoms with E-state index in [1.807, 2.05) is 0 Å². The van der Waals surface area contributed by atoms with Gasteiger partial charge in [0.2, 0.25) is 0 Å². The first-order valence-electron chi connectivity index (χ1n) is 8.44. The Bertz CT molecular complexity index is 761. The Morgan fingerprint density at radius 3 is 2.63 bits per heavy atom. The highest BCUT2D eigenvalue weighted by Gasteiger charge is 2.39. The molecule has 2 aliphatic heterocycles. The zero-order valence-corrected chi connectivity index (χ0v) is 15.2. The van der Waals surface area contributed by atoms with E-state index in [2.05, 4.69) is 4.98 Å². The fourth-order valence-electron chi connectivity index (χ4n) is 3.01. The van der Waals surface area contributed by atoms with Crippen LogP contribution in [0.15, 0.2) is 12.3 Å². The van der Waals surface area contributed by atoms with Gasteiger partial charge >= 0.3 is 18.2 Å². The van der Waals surface area contributed by atoms with Crippen LogP contribution in [0.25, 0.3) is 0 Å². The molecule has 1 amide bonds. The van der Waals surface area contributed by atoms with Gasteiger partial charge in [0.05, 0.1) is 11.6 Å². The highest BCUT2D eigenvalue weighted by atomic mass is 19.4. The number of carbonyl (C=O) groups excluding carboxylic acids is 2. The van der Waals surface area contributed by atoms with E-state index in [1.54, 1.807) is 25.7 Å². The number of nitrogens with zero attached hydrogens (tertiary/aromatic N) is 3. The quantitative estimate of drug-likeness (QED) is 0.638. The Balaban J connectivity index is 1.84. The zero-order valence-electron chi connectivity index (χ0n) is 15.2. The summed E-state index contributed by atoms with van der Waals surface area (Å²) in [4.78, 5) is 31.5. The van der Waals surface area contributed by atoms with E-state index < -0.39 is 35.4 Å². The molecule has 1 atom stereocenters. The molecule has 3 heterocycles. The molecule has 0 spiro atoms. The largest absolute Gasteiger partial charge is 0.460 e. The lowest BCUT2D eigenvalue weighted by Crippen LogP contribution is -2.57. The second-order valence-electron chi connectivity index (χ2n) is 7.46. The summed E-state index contributed by atoms with van der Waals surface area (Å²) in [5.41, 5.74) is -1.88. The molecular formula is C17H20F3N3O4. The highest BCUT2D eigenvalue weighted by molar-refractivity contribution is 5.95. The van der Waals surface area contributed by atoms with Crippen LogP contribution >= 0.6 is 0 Å². The number of rotatable bonds is 0. The Labute approximate surface area is 154 Å². The average molecular weight is 387 g/mol. The molecule has 0 N–H and O–H groups in total. The van der Waals surface area contributed by atoms with Crippen LogP contribution in [0.2, 0.25) is 0 Å². The molecule has 1 saturated heterocycles. The van der Waals surface area contributed by atoms with Gasteiger partial charge in [0.1, 0.15) is 23.6 Å². The minimum atomic E-state index is -4.61. The summed E-state index contributed by atoms with van der Waals surface area (Å²) >= 11 is 0. The maximum atomic E-state index is 12.9. The predicted molar refractivity (Wildman–Crippen MR) is 88.5 cm³/mol. The molecule has 7 nitrogen and oxygen atoms in total. The predicted octanol–water partition coefficient (Wildman–Crippen LogP) is 2.70. The number of piperazine rings is 1. The summed E-state index contributed by atoms with van der Waals surface area (Å²) < 4.78 is 49.3. The molecule has 0 radical (unpaired) electrons. The van der Waals surface area contributed by atoms with Gasteiger partial charge in [-0.05, 0) is 26.8 Å². The fourth-order valence-corrected chi connectivity index (χ4v) is 3.01. The van der Waals surface area contributed by atoms with E-state index >= 15 is 0 Å². The first kappa shape index (κ1) is 19.2. The van der Waals surface area contributed by atoms with Gasteiger partial charge in [0.15, 0.2) is 0 Å². The maximum Gasteiger partial charge on any atom is 0.417 e. The number of pyridine rings is 1. The van der Waals surface area contributed by atoms with Gasteiger partial charge in [0.25, 0.3) is 0 Å². The SMILES string of the molecule is CC(C)(C)OC(=O)N1CCN2c3ncc(C(F)(F)F)cc3C(=O)OC[C@H]2C1. The van der Waals surface area contributed by atoms with E-state index in [9.17, 15) is 22.8 Å². The number of esters is 1. The number of carbonyl (C=O) groups is 2. The lowest BCUT2D eigenvalue weighted by Gasteiger charge is -2.41. The lowest BCUT2D eigenvalue weighted by molar-refractivity contribution is -0.137. The van der Waals surface area contributed by atoms with Crippen molar-refractivity contribution in [2.75, 3.05) is 31.1 Å². The van der Waals surface area contributed by atoms with Crippen LogP contribution in [-0.2, 0) is 15.7 Å². The molecule has 0 bridgehead atoms. The van der Waals surface area contributed by atoms with E-state index in [1.165, 1.54) is 4.90 Å². The number of hydrogen-bond acceptors (Lipinski definition) is 6. The van der Waals surface area contributed by atoms with Crippen molar-refractivity contribution in [3.05, 3.63) is 23.4 Å². The van der Waals surface area contributed by atoms with Gasteiger partial charge < -0.3 is 19.3 Å². The number of anilines is 1. The van der Waals surface area contributed by atoms with E-state index in [0.29, 0.717) is 19.3 Å². The zero-order chi connectivity index (χ0) is 20.0. The molecule has 0 unspecified atom stereocenters. The molecule has 0 aromatic carbocycles. The van der Waals surface area contributed by atoms with Crippen LogP contribution in [0, 0.1) is 0 Å². The van der Waals surface area contributed by atoms with Gasteiger partial charge in [0, 0.05) is 25.8 Å². The van der Waals surface area contributed by atoms with E-state index in [4.69, 9.17) is 9.47 Å². The number of fused-ring (bicyclic) bond motifs is 3. The topological polar surface area (TPSA) is 72.0 Å². The smallest absolute Gasteiger partial charge is 0.417 e.